The molecule has 2 aliphatic rings. The number of carbonyl (C=O) groups is 3. The maximum atomic E-state index is 13.6. The van der Waals surface area contributed by atoms with Gasteiger partial charge in [-0.05, 0) is 28.7 Å². The molecule has 1 saturated heterocycles. The SMILES string of the molecule is CC(=O)N[C@H](C(=O)N1C[C@H]2[C@@H]([C@H]1C(=O)NC(C#N)c1c[nH]c3ccccc13)C2(C)C)C(C)(C)C. The van der Waals surface area contributed by atoms with Gasteiger partial charge in [-0.25, -0.2) is 0 Å². The number of para-hydroxylation sites is 1. The van der Waals surface area contributed by atoms with Gasteiger partial charge in [-0.15, -0.1) is 0 Å². The van der Waals surface area contributed by atoms with Gasteiger partial charge in [0.2, 0.25) is 17.7 Å². The van der Waals surface area contributed by atoms with Crippen molar-refractivity contribution in [2.24, 2.45) is 22.7 Å². The number of piperidine rings is 1. The molecule has 8 nitrogen and oxygen atoms in total. The highest BCUT2D eigenvalue weighted by atomic mass is 16.2. The average Bonchev–Trinajstić information content (AvgIpc) is 3.14. The molecule has 5 atom stereocenters. The zero-order valence-electron chi connectivity index (χ0n) is 20.6. The highest BCUT2D eigenvalue weighted by Crippen LogP contribution is 2.65. The molecule has 180 valence electrons. The summed E-state index contributed by atoms with van der Waals surface area (Å²) in [5, 5.41) is 16.4. The zero-order chi connectivity index (χ0) is 25.0. The number of nitrogens with one attached hydrogen (secondary N) is 3. The normalized spacial score (nSPS) is 24.6. The van der Waals surface area contributed by atoms with E-state index in [-0.39, 0.29) is 35.0 Å². The van der Waals surface area contributed by atoms with Crippen LogP contribution in [0.5, 0.6) is 0 Å². The van der Waals surface area contributed by atoms with Crippen LogP contribution in [0.1, 0.15) is 53.1 Å². The first-order chi connectivity index (χ1) is 15.9. The summed E-state index contributed by atoms with van der Waals surface area (Å²) >= 11 is 0. The van der Waals surface area contributed by atoms with Crippen molar-refractivity contribution in [3.63, 3.8) is 0 Å². The molecule has 1 aromatic heterocycles. The van der Waals surface area contributed by atoms with E-state index in [1.165, 1.54) is 6.92 Å². The third-order valence-electron chi connectivity index (χ3n) is 7.57. The first-order valence-electron chi connectivity index (χ1n) is 11.7. The molecule has 1 aliphatic heterocycles. The smallest absolute Gasteiger partial charge is 0.246 e. The Morgan fingerprint density at radius 1 is 1.21 bits per heavy atom. The number of amides is 3. The third-order valence-corrected chi connectivity index (χ3v) is 7.57. The molecule has 1 aromatic carbocycles. The molecule has 0 bridgehead atoms. The zero-order valence-corrected chi connectivity index (χ0v) is 20.6. The van der Waals surface area contributed by atoms with E-state index >= 15 is 0 Å². The van der Waals surface area contributed by atoms with E-state index in [9.17, 15) is 19.6 Å². The van der Waals surface area contributed by atoms with Crippen LogP contribution >= 0.6 is 0 Å². The number of nitriles is 1. The third kappa shape index (κ3) is 3.93. The van der Waals surface area contributed by atoms with Crippen molar-refractivity contribution in [1.29, 1.82) is 5.26 Å². The van der Waals surface area contributed by atoms with Gasteiger partial charge < -0.3 is 20.5 Å². The Morgan fingerprint density at radius 3 is 2.50 bits per heavy atom. The van der Waals surface area contributed by atoms with E-state index in [4.69, 9.17) is 0 Å². The van der Waals surface area contributed by atoms with E-state index in [1.807, 2.05) is 45.0 Å². The molecule has 34 heavy (non-hydrogen) atoms. The number of nitrogens with zero attached hydrogens (tertiary/aromatic N) is 2. The first kappa shape index (κ1) is 23.8. The number of H-pyrrole nitrogens is 1. The highest BCUT2D eigenvalue weighted by molar-refractivity contribution is 5.94. The van der Waals surface area contributed by atoms with Gasteiger partial charge in [-0.2, -0.15) is 5.26 Å². The van der Waals surface area contributed by atoms with Gasteiger partial charge in [0.05, 0.1) is 6.07 Å². The molecular formula is C26H33N5O3. The molecule has 1 aliphatic carbocycles. The summed E-state index contributed by atoms with van der Waals surface area (Å²) < 4.78 is 0. The Hall–Kier alpha value is -3.34. The minimum absolute atomic E-state index is 0.0108. The molecule has 3 amide bonds. The van der Waals surface area contributed by atoms with Crippen LogP contribution < -0.4 is 10.6 Å². The minimum atomic E-state index is -0.852. The fraction of sp³-hybridized carbons (Fsp3) is 0.538. The van der Waals surface area contributed by atoms with Crippen LogP contribution in [-0.2, 0) is 14.4 Å². The van der Waals surface area contributed by atoms with Gasteiger partial charge in [0.25, 0.3) is 0 Å². The quantitative estimate of drug-likeness (QED) is 0.632. The summed E-state index contributed by atoms with van der Waals surface area (Å²) in [7, 11) is 0. The number of carbonyl (C=O) groups excluding carboxylic acids is 3. The van der Waals surface area contributed by atoms with Crippen LogP contribution in [-0.4, -0.2) is 46.2 Å². The van der Waals surface area contributed by atoms with Crippen LogP contribution in [0.4, 0.5) is 0 Å². The number of aromatic nitrogens is 1. The number of aromatic amines is 1. The number of likely N-dealkylation sites (tertiary alicyclic amines) is 1. The lowest BCUT2D eigenvalue weighted by atomic mass is 9.85. The molecule has 0 spiro atoms. The van der Waals surface area contributed by atoms with Crippen molar-refractivity contribution in [2.75, 3.05) is 6.54 Å². The number of benzene rings is 1. The van der Waals surface area contributed by atoms with Crippen molar-refractivity contribution in [3.8, 4) is 6.07 Å². The molecule has 1 saturated carbocycles. The van der Waals surface area contributed by atoms with Crippen molar-refractivity contribution in [2.45, 2.75) is 59.7 Å². The van der Waals surface area contributed by atoms with Gasteiger partial charge >= 0.3 is 0 Å². The monoisotopic (exact) mass is 463 g/mol. The lowest BCUT2D eigenvalue weighted by Gasteiger charge is -2.37. The molecule has 2 aromatic rings. The summed E-state index contributed by atoms with van der Waals surface area (Å²) in [6.45, 7) is 11.8. The minimum Gasteiger partial charge on any atom is -0.361 e. The van der Waals surface area contributed by atoms with E-state index < -0.39 is 23.5 Å². The van der Waals surface area contributed by atoms with Crippen molar-refractivity contribution in [3.05, 3.63) is 36.0 Å². The summed E-state index contributed by atoms with van der Waals surface area (Å²) in [6, 6.07) is 7.53. The Balaban J connectivity index is 1.62. The van der Waals surface area contributed by atoms with Crippen molar-refractivity contribution in [1.82, 2.24) is 20.5 Å². The van der Waals surface area contributed by atoms with E-state index in [0.717, 1.165) is 10.9 Å². The Bertz CT molecular complexity index is 1180. The predicted octanol–water partition coefficient (Wildman–Crippen LogP) is 2.88. The average molecular weight is 464 g/mol. The highest BCUT2D eigenvalue weighted by Gasteiger charge is 2.69. The van der Waals surface area contributed by atoms with E-state index in [2.05, 4.69) is 35.5 Å². The fourth-order valence-corrected chi connectivity index (χ4v) is 5.57. The maximum absolute atomic E-state index is 13.6. The van der Waals surface area contributed by atoms with Gasteiger partial charge in [0, 0.05) is 36.1 Å². The number of rotatable bonds is 5. The molecule has 2 fully saturated rings. The first-order valence-corrected chi connectivity index (χ1v) is 11.7. The van der Waals surface area contributed by atoms with Crippen LogP contribution in [0, 0.1) is 34.0 Å². The Labute approximate surface area is 200 Å². The molecule has 4 rings (SSSR count). The lowest BCUT2D eigenvalue weighted by Crippen LogP contribution is -2.59. The predicted molar refractivity (Wildman–Crippen MR) is 128 cm³/mol. The van der Waals surface area contributed by atoms with Gasteiger partial charge in [-0.1, -0.05) is 52.8 Å². The summed E-state index contributed by atoms with van der Waals surface area (Å²) in [4.78, 5) is 43.9. The standard InChI is InChI=1S/C26H33N5O3/c1-14(32)29-22(25(2,3)4)24(34)31-13-17-20(26(17,5)6)21(31)23(33)30-19(11-27)16-12-28-18-10-8-7-9-15(16)18/h7-10,12,17,19-22,28H,13H2,1-6H3,(H,29,32)(H,30,33)/t17-,19?,20-,21-,22+/m0/s1. The number of fused-ring (bicyclic) bond motifs is 2. The summed E-state index contributed by atoms with van der Waals surface area (Å²) in [5.41, 5.74) is 0.995. The van der Waals surface area contributed by atoms with Crippen molar-refractivity contribution < 1.29 is 14.4 Å². The molecule has 3 N–H and O–H groups in total. The molecule has 8 heteroatoms. The Morgan fingerprint density at radius 2 is 1.88 bits per heavy atom. The lowest BCUT2D eigenvalue weighted by molar-refractivity contribution is -0.145. The largest absolute Gasteiger partial charge is 0.361 e. The number of hydrogen-bond acceptors (Lipinski definition) is 4. The molecule has 1 unspecified atom stereocenters. The van der Waals surface area contributed by atoms with Crippen LogP contribution in [0.15, 0.2) is 30.5 Å². The van der Waals surface area contributed by atoms with Gasteiger partial charge in [0.15, 0.2) is 0 Å². The van der Waals surface area contributed by atoms with Crippen LogP contribution in [0.25, 0.3) is 10.9 Å². The number of hydrogen-bond donors (Lipinski definition) is 3. The second kappa shape index (κ2) is 8.15. The van der Waals surface area contributed by atoms with Gasteiger partial charge in [0.1, 0.15) is 18.1 Å². The second-order valence-corrected chi connectivity index (χ2v) is 11.2. The Kier molecular flexibility index (Phi) is 5.71. The van der Waals surface area contributed by atoms with E-state index in [0.29, 0.717) is 12.1 Å². The molecular weight excluding hydrogens is 430 g/mol. The maximum Gasteiger partial charge on any atom is 0.246 e. The molecule has 2 heterocycles. The fourth-order valence-electron chi connectivity index (χ4n) is 5.57. The van der Waals surface area contributed by atoms with Crippen LogP contribution in [0.2, 0.25) is 0 Å². The molecule has 0 radical (unpaired) electrons. The summed E-state index contributed by atoms with van der Waals surface area (Å²) in [5.74, 6) is -0.663. The van der Waals surface area contributed by atoms with Crippen molar-refractivity contribution >= 4 is 28.6 Å². The van der Waals surface area contributed by atoms with Gasteiger partial charge in [-0.3, -0.25) is 14.4 Å². The van der Waals surface area contributed by atoms with Crippen LogP contribution in [0.3, 0.4) is 0 Å². The summed E-state index contributed by atoms with van der Waals surface area (Å²) in [6.07, 6.45) is 1.74. The second-order valence-electron chi connectivity index (χ2n) is 11.2. The van der Waals surface area contributed by atoms with E-state index in [1.54, 1.807) is 11.1 Å². The topological polar surface area (TPSA) is 118 Å².